The summed E-state index contributed by atoms with van der Waals surface area (Å²) >= 11 is 0. The van der Waals surface area contributed by atoms with Crippen LogP contribution in [0, 0.1) is 29.1 Å². The Hall–Kier alpha value is -4.47. The molecule has 0 saturated carbocycles. The molecule has 0 bridgehead atoms. The fourth-order valence-electron chi connectivity index (χ4n) is 7.69. The minimum absolute atomic E-state index is 0.0167. The van der Waals surface area contributed by atoms with E-state index in [-0.39, 0.29) is 12.0 Å². The standard InChI is InChI=1S/C41H38BF5NO2/c1-39(2,3)29-22-26-24-48-38(25-16-10-7-11-17-25)41(27-18-12-8-13-19-27,28-20-14-9-15-21-28)50-42(48,49-37(26)30(23-29)40(4,5)6)31-32(43)34(45)36(47)35(46)33(31)44/h7-23,38H,24H2,1-6H3/q-1/t38-,42?/m1/s1. The lowest BCUT2D eigenvalue weighted by atomic mass is 9.59. The summed E-state index contributed by atoms with van der Waals surface area (Å²) in [7, 11) is 0. The van der Waals surface area contributed by atoms with Crippen LogP contribution in [0.1, 0.15) is 81.0 Å². The molecule has 0 spiro atoms. The molecule has 0 aliphatic carbocycles. The highest BCUT2D eigenvalue weighted by molar-refractivity contribution is 6.80. The third-order valence-corrected chi connectivity index (χ3v) is 10.1. The van der Waals surface area contributed by atoms with Gasteiger partial charge in [-0.3, -0.25) is 0 Å². The Balaban J connectivity index is 1.66. The van der Waals surface area contributed by atoms with Gasteiger partial charge in [0.25, 0.3) is 0 Å². The molecule has 0 N–H and O–H groups in total. The van der Waals surface area contributed by atoms with E-state index >= 15 is 17.6 Å². The second-order valence-electron chi connectivity index (χ2n) is 15.4. The van der Waals surface area contributed by atoms with Crippen molar-refractivity contribution in [3.63, 3.8) is 0 Å². The summed E-state index contributed by atoms with van der Waals surface area (Å²) < 4.78 is 92.5. The Kier molecular flexibility index (Phi) is 8.03. The number of hydrogen-bond acceptors (Lipinski definition) is 3. The second kappa shape index (κ2) is 11.8. The van der Waals surface area contributed by atoms with Gasteiger partial charge in [0, 0.05) is 11.6 Å². The average Bonchev–Trinajstić information content (AvgIpc) is 3.40. The molecule has 1 unspecified atom stereocenters. The lowest BCUT2D eigenvalue weighted by Crippen LogP contribution is -2.69. The molecular weight excluding hydrogens is 644 g/mol. The summed E-state index contributed by atoms with van der Waals surface area (Å²) in [5, 5.41) is 0. The molecule has 50 heavy (non-hydrogen) atoms. The van der Waals surface area contributed by atoms with Crippen molar-refractivity contribution in [3.05, 3.63) is 166 Å². The van der Waals surface area contributed by atoms with Gasteiger partial charge in [0.05, 0.1) is 11.4 Å². The van der Waals surface area contributed by atoms with Crippen molar-refractivity contribution in [1.29, 1.82) is 0 Å². The average molecular weight is 683 g/mol. The molecule has 1 saturated heterocycles. The number of benzene rings is 5. The smallest absolute Gasteiger partial charge is 0.410 e. The monoisotopic (exact) mass is 682 g/mol. The highest BCUT2D eigenvalue weighted by atomic mass is 19.2. The van der Waals surface area contributed by atoms with Crippen LogP contribution in [0.2, 0.25) is 0 Å². The van der Waals surface area contributed by atoms with Gasteiger partial charge in [0.1, 0.15) is 11.6 Å². The van der Waals surface area contributed by atoms with E-state index in [1.54, 1.807) is 4.81 Å². The van der Waals surface area contributed by atoms with Gasteiger partial charge in [-0.2, -0.15) is 0 Å². The van der Waals surface area contributed by atoms with E-state index in [1.165, 1.54) is 0 Å². The first-order chi connectivity index (χ1) is 23.6. The van der Waals surface area contributed by atoms with Crippen LogP contribution in [-0.4, -0.2) is 11.5 Å². The summed E-state index contributed by atoms with van der Waals surface area (Å²) in [4.78, 5) is 1.68. The molecule has 0 aromatic heterocycles. The van der Waals surface area contributed by atoms with Gasteiger partial charge in [-0.05, 0) is 50.7 Å². The van der Waals surface area contributed by atoms with Crippen LogP contribution in [0.15, 0.2) is 103 Å². The Morgan fingerprint density at radius 3 is 1.60 bits per heavy atom. The predicted molar refractivity (Wildman–Crippen MR) is 186 cm³/mol. The van der Waals surface area contributed by atoms with Crippen LogP contribution in [0.25, 0.3) is 0 Å². The first kappa shape index (κ1) is 34.0. The first-order valence-corrected chi connectivity index (χ1v) is 16.8. The van der Waals surface area contributed by atoms with E-state index < -0.39 is 58.3 Å². The van der Waals surface area contributed by atoms with Gasteiger partial charge in [-0.1, -0.05) is 145 Å². The summed E-state index contributed by atoms with van der Waals surface area (Å²) in [6, 6.07) is 30.8. The molecule has 0 radical (unpaired) electrons. The Morgan fingerprint density at radius 1 is 0.640 bits per heavy atom. The normalized spacial score (nSPS) is 20.3. The van der Waals surface area contributed by atoms with Crippen molar-refractivity contribution in [2.75, 3.05) is 0 Å². The van der Waals surface area contributed by atoms with Crippen molar-refractivity contribution in [3.8, 4) is 5.75 Å². The number of nitrogens with zero attached hydrogens (tertiary/aromatic N) is 1. The van der Waals surface area contributed by atoms with Crippen LogP contribution in [0.4, 0.5) is 22.0 Å². The highest BCUT2D eigenvalue weighted by Gasteiger charge is 2.64. The van der Waals surface area contributed by atoms with Gasteiger partial charge in [-0.25, -0.2) is 22.0 Å². The molecular formula is C41H38BF5NO2-. The lowest BCUT2D eigenvalue weighted by molar-refractivity contribution is 0.0865. The van der Waals surface area contributed by atoms with Crippen LogP contribution >= 0.6 is 0 Å². The van der Waals surface area contributed by atoms with Gasteiger partial charge < -0.3 is 14.1 Å². The fourth-order valence-corrected chi connectivity index (χ4v) is 7.69. The van der Waals surface area contributed by atoms with E-state index in [2.05, 4.69) is 20.8 Å². The van der Waals surface area contributed by atoms with Crippen molar-refractivity contribution in [2.24, 2.45) is 0 Å². The Bertz CT molecular complexity index is 2010. The second-order valence-corrected chi connectivity index (χ2v) is 15.4. The maximum absolute atomic E-state index is 16.4. The minimum Gasteiger partial charge on any atom is -0.676 e. The number of hydrogen-bond donors (Lipinski definition) is 0. The molecule has 3 nitrogen and oxygen atoms in total. The third kappa shape index (κ3) is 5.08. The van der Waals surface area contributed by atoms with Crippen LogP contribution in [-0.2, 0) is 27.6 Å². The Labute approximate surface area is 289 Å². The van der Waals surface area contributed by atoms with Crippen molar-refractivity contribution in [2.45, 2.75) is 70.6 Å². The van der Waals surface area contributed by atoms with Gasteiger partial charge >= 0.3 is 6.69 Å². The van der Waals surface area contributed by atoms with E-state index in [0.29, 0.717) is 28.0 Å². The van der Waals surface area contributed by atoms with Gasteiger partial charge in [0.15, 0.2) is 17.5 Å². The van der Waals surface area contributed by atoms with E-state index in [0.717, 1.165) is 11.1 Å². The molecule has 2 heterocycles. The number of halogens is 5. The predicted octanol–water partition coefficient (Wildman–Crippen LogP) is 9.73. The quantitative estimate of drug-likeness (QED) is 0.0816. The summed E-state index contributed by atoms with van der Waals surface area (Å²) in [6.45, 7) is 8.59. The maximum atomic E-state index is 16.4. The van der Waals surface area contributed by atoms with Gasteiger partial charge in [-0.15, -0.1) is 0 Å². The molecule has 258 valence electrons. The first-order valence-electron chi connectivity index (χ1n) is 16.8. The number of fused-ring (bicyclic) bond motifs is 2. The SMILES string of the molecule is CC(C)(C)c1cc2c(c(C(C)(C)C)c1)O[B-]1(c3c(F)c(F)c(F)c(F)c3F)OC(c3ccccc3)(c3ccccc3)[C@@H](c3ccccc3)N1C2. The van der Waals surface area contributed by atoms with E-state index in [1.807, 2.05) is 124 Å². The number of rotatable bonds is 4. The lowest BCUT2D eigenvalue weighted by Gasteiger charge is -2.52. The summed E-state index contributed by atoms with van der Waals surface area (Å²) in [5.41, 5.74) is 0.826. The zero-order chi connectivity index (χ0) is 35.8. The van der Waals surface area contributed by atoms with Crippen LogP contribution in [0.5, 0.6) is 5.75 Å². The molecule has 9 heteroatoms. The van der Waals surface area contributed by atoms with Crippen molar-refractivity contribution >= 4 is 12.1 Å². The molecule has 7 rings (SSSR count). The molecule has 1 fully saturated rings. The molecule has 2 aliphatic rings. The third-order valence-electron chi connectivity index (χ3n) is 10.1. The van der Waals surface area contributed by atoms with Crippen molar-refractivity contribution in [1.82, 2.24) is 4.81 Å². The largest absolute Gasteiger partial charge is 0.676 e. The van der Waals surface area contributed by atoms with Crippen LogP contribution in [0.3, 0.4) is 0 Å². The molecule has 0 amide bonds. The molecule has 5 aromatic carbocycles. The summed E-state index contributed by atoms with van der Waals surface area (Å²) in [5.74, 6) is -10.1. The zero-order valence-electron chi connectivity index (χ0n) is 28.8. The van der Waals surface area contributed by atoms with E-state index in [4.69, 9.17) is 9.31 Å². The molecule has 2 atom stereocenters. The van der Waals surface area contributed by atoms with Crippen LogP contribution < -0.4 is 10.1 Å². The van der Waals surface area contributed by atoms with Gasteiger partial charge in [0.2, 0.25) is 0 Å². The van der Waals surface area contributed by atoms with Crippen molar-refractivity contribution < 1.29 is 31.3 Å². The molecule has 2 aliphatic heterocycles. The topological polar surface area (TPSA) is 21.7 Å². The summed E-state index contributed by atoms with van der Waals surface area (Å²) in [6.07, 6.45) is 0. The zero-order valence-corrected chi connectivity index (χ0v) is 28.8. The Morgan fingerprint density at radius 2 is 1.12 bits per heavy atom. The molecule has 5 aromatic rings. The van der Waals surface area contributed by atoms with E-state index in [9.17, 15) is 4.39 Å². The fraction of sp³-hybridized carbons (Fsp3) is 0.268. The minimum atomic E-state index is -3.67. The maximum Gasteiger partial charge on any atom is 0.410 e. The highest BCUT2D eigenvalue weighted by Crippen LogP contribution is 2.59.